The average molecular weight is 289 g/mol. The number of aliphatic imine (C=N–C) groups is 2. The summed E-state index contributed by atoms with van der Waals surface area (Å²) in [5.41, 5.74) is 19.1. The van der Waals surface area contributed by atoms with Crippen LogP contribution >= 0.6 is 0 Å². The van der Waals surface area contributed by atoms with Gasteiger partial charge >= 0.3 is 0 Å². The highest BCUT2D eigenvalue weighted by Crippen LogP contribution is 2.40. The largest absolute Gasteiger partial charge is 0.370 e. The van der Waals surface area contributed by atoms with Crippen LogP contribution in [0.1, 0.15) is 25.0 Å². The summed E-state index contributed by atoms with van der Waals surface area (Å²) in [5, 5.41) is 0. The van der Waals surface area contributed by atoms with Gasteiger partial charge in [0.2, 0.25) is 5.96 Å². The predicted octanol–water partition coefficient (Wildman–Crippen LogP) is 1.38. The van der Waals surface area contributed by atoms with E-state index in [0.717, 1.165) is 23.1 Å². The summed E-state index contributed by atoms with van der Waals surface area (Å²) in [6.07, 6.45) is 2.84. The number of benzene rings is 1. The second-order valence-corrected chi connectivity index (χ2v) is 5.72. The van der Waals surface area contributed by atoms with Crippen LogP contribution in [-0.4, -0.2) is 18.5 Å². The number of nitrogens with zero attached hydrogens (tertiary/aromatic N) is 2. The van der Waals surface area contributed by atoms with Crippen molar-refractivity contribution in [2.45, 2.75) is 20.3 Å². The Morgan fingerprint density at radius 2 is 2.00 bits per heavy atom. The Balaban J connectivity index is 2.21. The normalized spacial score (nSPS) is 14.6. The van der Waals surface area contributed by atoms with E-state index >= 15 is 0 Å². The van der Waals surface area contributed by atoms with Crippen LogP contribution in [0, 0.1) is 11.2 Å². The lowest BCUT2D eigenvalue weighted by molar-refractivity contribution is 0.517. The highest BCUT2D eigenvalue weighted by molar-refractivity contribution is 5.92. The molecule has 0 radical (unpaired) electrons. The van der Waals surface area contributed by atoms with Gasteiger partial charge in [-0.05, 0) is 35.3 Å². The maximum atomic E-state index is 13.3. The van der Waals surface area contributed by atoms with Crippen LogP contribution in [0.3, 0.4) is 0 Å². The third kappa shape index (κ3) is 3.39. The molecule has 112 valence electrons. The molecule has 21 heavy (non-hydrogen) atoms. The molecule has 0 saturated heterocycles. The molecule has 6 heteroatoms. The topological polar surface area (TPSA) is 103 Å². The fraction of sp³-hybridized carbons (Fsp3) is 0.333. The molecule has 0 unspecified atom stereocenters. The van der Waals surface area contributed by atoms with E-state index in [0.29, 0.717) is 6.54 Å². The van der Waals surface area contributed by atoms with Crippen molar-refractivity contribution in [3.05, 3.63) is 41.2 Å². The van der Waals surface area contributed by atoms with E-state index in [4.69, 9.17) is 17.2 Å². The molecule has 1 aromatic rings. The maximum absolute atomic E-state index is 13.3. The minimum atomic E-state index is -0.243. The number of hydrogen-bond donors (Lipinski definition) is 3. The molecule has 1 aliphatic rings. The van der Waals surface area contributed by atoms with Gasteiger partial charge in [0.15, 0.2) is 5.96 Å². The molecule has 0 fully saturated rings. The first-order valence-electron chi connectivity index (χ1n) is 6.68. The Labute approximate surface area is 123 Å². The molecule has 0 spiro atoms. The molecule has 0 bridgehead atoms. The quantitative estimate of drug-likeness (QED) is 0.578. The van der Waals surface area contributed by atoms with Crippen LogP contribution < -0.4 is 17.2 Å². The van der Waals surface area contributed by atoms with Gasteiger partial charge in [0, 0.05) is 5.41 Å². The number of fused-ring (bicyclic) bond motifs is 1. The van der Waals surface area contributed by atoms with Gasteiger partial charge in [-0.15, -0.1) is 0 Å². The molecule has 6 N–H and O–H groups in total. The Bertz CT molecular complexity index is 639. The molecule has 0 aliphatic heterocycles. The Morgan fingerprint density at radius 3 is 2.67 bits per heavy atom. The van der Waals surface area contributed by atoms with Gasteiger partial charge < -0.3 is 17.2 Å². The van der Waals surface area contributed by atoms with Gasteiger partial charge in [-0.25, -0.2) is 4.39 Å². The van der Waals surface area contributed by atoms with Gasteiger partial charge in [-0.1, -0.05) is 26.0 Å². The zero-order valence-corrected chi connectivity index (χ0v) is 12.2. The minimum absolute atomic E-state index is 0.0565. The van der Waals surface area contributed by atoms with Crippen LogP contribution in [0.2, 0.25) is 0 Å². The first kappa shape index (κ1) is 15.0. The molecule has 1 aliphatic carbocycles. The lowest BCUT2D eigenvalue weighted by Gasteiger charge is -2.25. The van der Waals surface area contributed by atoms with E-state index in [1.54, 1.807) is 6.07 Å². The van der Waals surface area contributed by atoms with E-state index in [-0.39, 0.29) is 23.2 Å². The lowest BCUT2D eigenvalue weighted by atomic mass is 9.81. The molecule has 0 saturated carbocycles. The Kier molecular flexibility index (Phi) is 3.97. The molecular formula is C15H20FN5. The average Bonchev–Trinajstić information content (AvgIpc) is 2.79. The zero-order valence-electron chi connectivity index (χ0n) is 12.2. The van der Waals surface area contributed by atoms with Gasteiger partial charge in [0.05, 0.1) is 6.54 Å². The van der Waals surface area contributed by atoms with Crippen molar-refractivity contribution in [1.29, 1.82) is 0 Å². The molecule has 1 aromatic carbocycles. The lowest BCUT2D eigenvalue weighted by Crippen LogP contribution is -2.27. The highest BCUT2D eigenvalue weighted by Gasteiger charge is 2.28. The molecule has 0 heterocycles. The number of nitrogens with two attached hydrogens (primary N) is 3. The van der Waals surface area contributed by atoms with Crippen molar-refractivity contribution in [1.82, 2.24) is 0 Å². The van der Waals surface area contributed by atoms with Crippen LogP contribution in [0.25, 0.3) is 5.57 Å². The summed E-state index contributed by atoms with van der Waals surface area (Å²) in [5.74, 6) is -0.271. The van der Waals surface area contributed by atoms with Gasteiger partial charge in [-0.2, -0.15) is 4.99 Å². The maximum Gasteiger partial charge on any atom is 0.218 e. The van der Waals surface area contributed by atoms with Crippen LogP contribution in [-0.2, 0) is 6.42 Å². The molecule has 0 aromatic heterocycles. The van der Waals surface area contributed by atoms with Crippen molar-refractivity contribution in [3.63, 3.8) is 0 Å². The monoisotopic (exact) mass is 289 g/mol. The van der Waals surface area contributed by atoms with E-state index in [1.807, 2.05) is 6.07 Å². The first-order chi connectivity index (χ1) is 9.79. The highest BCUT2D eigenvalue weighted by atomic mass is 19.1. The Hall–Kier alpha value is -2.37. The molecule has 0 atom stereocenters. The smallest absolute Gasteiger partial charge is 0.218 e. The fourth-order valence-electron chi connectivity index (χ4n) is 2.49. The molecule has 0 amide bonds. The standard InChI is InChI=1S/C15H20FN5/c1-15(2,8-20-14(19)21-13(17)18)12-6-3-9-7-10(16)4-5-11(9)12/h4-7H,3,8H2,1-2H3,(H6,17,18,19,20,21). The SMILES string of the molecule is CC(C)(CN=C(N)N=C(N)N)C1=CCc2cc(F)ccc21. The fourth-order valence-corrected chi connectivity index (χ4v) is 2.49. The predicted molar refractivity (Wildman–Crippen MR) is 84.2 cm³/mol. The van der Waals surface area contributed by atoms with E-state index < -0.39 is 0 Å². The van der Waals surface area contributed by atoms with Crippen molar-refractivity contribution >= 4 is 17.5 Å². The van der Waals surface area contributed by atoms with Crippen LogP contribution in [0.15, 0.2) is 34.3 Å². The van der Waals surface area contributed by atoms with Crippen molar-refractivity contribution in [2.24, 2.45) is 32.6 Å². The van der Waals surface area contributed by atoms with Crippen molar-refractivity contribution < 1.29 is 4.39 Å². The summed E-state index contributed by atoms with van der Waals surface area (Å²) in [7, 11) is 0. The zero-order chi connectivity index (χ0) is 15.6. The summed E-state index contributed by atoms with van der Waals surface area (Å²) in [4.78, 5) is 7.90. The van der Waals surface area contributed by atoms with Crippen molar-refractivity contribution in [3.8, 4) is 0 Å². The van der Waals surface area contributed by atoms with Crippen molar-refractivity contribution in [2.75, 3.05) is 6.54 Å². The van der Waals surface area contributed by atoms with Crippen LogP contribution in [0.5, 0.6) is 0 Å². The van der Waals surface area contributed by atoms with Crippen LogP contribution in [0.4, 0.5) is 4.39 Å². The second kappa shape index (κ2) is 5.55. The van der Waals surface area contributed by atoms with Gasteiger partial charge in [-0.3, -0.25) is 4.99 Å². The summed E-state index contributed by atoms with van der Waals surface area (Å²) in [6.45, 7) is 4.56. The summed E-state index contributed by atoms with van der Waals surface area (Å²) < 4.78 is 13.3. The third-order valence-electron chi connectivity index (χ3n) is 3.49. The second-order valence-electron chi connectivity index (χ2n) is 5.72. The number of halogens is 1. The van der Waals surface area contributed by atoms with Gasteiger partial charge in [0.1, 0.15) is 5.82 Å². The van der Waals surface area contributed by atoms with E-state index in [2.05, 4.69) is 29.9 Å². The molecule has 2 rings (SSSR count). The molecular weight excluding hydrogens is 269 g/mol. The Morgan fingerprint density at radius 1 is 1.29 bits per heavy atom. The van der Waals surface area contributed by atoms with E-state index in [1.165, 1.54) is 6.07 Å². The number of allylic oxidation sites excluding steroid dienone is 1. The molecule has 5 nitrogen and oxygen atoms in total. The third-order valence-corrected chi connectivity index (χ3v) is 3.49. The number of rotatable bonds is 3. The van der Waals surface area contributed by atoms with Gasteiger partial charge in [0.25, 0.3) is 0 Å². The first-order valence-corrected chi connectivity index (χ1v) is 6.68. The van der Waals surface area contributed by atoms with E-state index in [9.17, 15) is 4.39 Å². The minimum Gasteiger partial charge on any atom is -0.370 e. The summed E-state index contributed by atoms with van der Waals surface area (Å²) >= 11 is 0. The number of guanidine groups is 2. The summed E-state index contributed by atoms with van der Waals surface area (Å²) in [6, 6.07) is 4.87. The number of hydrogen-bond acceptors (Lipinski definition) is 1.